The lowest BCUT2D eigenvalue weighted by Gasteiger charge is -2.35. The summed E-state index contributed by atoms with van der Waals surface area (Å²) in [6, 6.07) is 12.2. The summed E-state index contributed by atoms with van der Waals surface area (Å²) in [5.74, 6) is 0.873. The molecule has 4 rings (SSSR count). The van der Waals surface area contributed by atoms with Crippen LogP contribution in [0.2, 0.25) is 0 Å². The highest BCUT2D eigenvalue weighted by atomic mass is 15.1. The Bertz CT molecular complexity index is 1170. The summed E-state index contributed by atoms with van der Waals surface area (Å²) in [5.41, 5.74) is 3.93. The quantitative estimate of drug-likeness (QED) is 0.606. The van der Waals surface area contributed by atoms with E-state index in [1.54, 1.807) is 18.5 Å². The van der Waals surface area contributed by atoms with Gasteiger partial charge in [-0.15, -0.1) is 0 Å². The van der Waals surface area contributed by atoms with Crippen LogP contribution in [0.3, 0.4) is 0 Å². The third-order valence-electron chi connectivity index (χ3n) is 5.84. The number of hydrogen-bond donors (Lipinski definition) is 0. The van der Waals surface area contributed by atoms with Crippen molar-refractivity contribution in [3.8, 4) is 34.7 Å². The van der Waals surface area contributed by atoms with E-state index in [0.717, 1.165) is 54.9 Å². The Kier molecular flexibility index (Phi) is 6.20. The van der Waals surface area contributed by atoms with Crippen LogP contribution < -0.4 is 0 Å². The van der Waals surface area contributed by atoms with Gasteiger partial charge in [-0.05, 0) is 57.5 Å². The van der Waals surface area contributed by atoms with Gasteiger partial charge in [0.15, 0.2) is 5.82 Å². The van der Waals surface area contributed by atoms with Crippen LogP contribution in [-0.4, -0.2) is 44.5 Å². The van der Waals surface area contributed by atoms with Crippen LogP contribution in [0.1, 0.15) is 43.9 Å². The molecule has 7 heteroatoms. The number of benzene rings is 1. The van der Waals surface area contributed by atoms with E-state index in [4.69, 9.17) is 4.98 Å². The number of nitriles is 2. The van der Waals surface area contributed by atoms with Gasteiger partial charge in [0, 0.05) is 36.6 Å². The normalized spacial score (nSPS) is 15.1. The number of piperidine rings is 1. The minimum absolute atomic E-state index is 0.267. The Labute approximate surface area is 188 Å². The molecule has 160 valence electrons. The van der Waals surface area contributed by atoms with Crippen LogP contribution in [0.15, 0.2) is 49.2 Å². The van der Waals surface area contributed by atoms with Gasteiger partial charge in [-0.3, -0.25) is 0 Å². The lowest BCUT2D eigenvalue weighted by atomic mass is 9.87. The second kappa shape index (κ2) is 9.21. The van der Waals surface area contributed by atoms with E-state index in [9.17, 15) is 10.5 Å². The molecule has 0 N–H and O–H groups in total. The monoisotopic (exact) mass is 423 g/mol. The Morgan fingerprint density at radius 3 is 2.50 bits per heavy atom. The minimum atomic E-state index is -0.356. The van der Waals surface area contributed by atoms with Gasteiger partial charge in [0.05, 0.1) is 34.4 Å². The Morgan fingerprint density at radius 2 is 1.81 bits per heavy atom. The molecule has 1 aromatic carbocycles. The highest BCUT2D eigenvalue weighted by molar-refractivity contribution is 5.69. The maximum absolute atomic E-state index is 9.37. The summed E-state index contributed by atoms with van der Waals surface area (Å²) in [7, 11) is 0. The maximum atomic E-state index is 9.37. The lowest BCUT2D eigenvalue weighted by Crippen LogP contribution is -2.39. The number of likely N-dealkylation sites (tertiary alicyclic amines) is 1. The van der Waals surface area contributed by atoms with Gasteiger partial charge in [-0.1, -0.05) is 12.1 Å². The van der Waals surface area contributed by atoms with Gasteiger partial charge in [0.2, 0.25) is 0 Å². The van der Waals surface area contributed by atoms with E-state index in [1.807, 2.05) is 38.2 Å². The summed E-state index contributed by atoms with van der Waals surface area (Å²) in [6.45, 7) is 6.57. The Hall–Kier alpha value is -3.68. The van der Waals surface area contributed by atoms with Crippen LogP contribution in [0, 0.1) is 28.1 Å². The fourth-order valence-electron chi connectivity index (χ4n) is 4.20. The number of rotatable bonds is 5. The summed E-state index contributed by atoms with van der Waals surface area (Å²) < 4.78 is 0. The Balaban J connectivity index is 1.67. The maximum Gasteiger partial charge on any atom is 0.162 e. The molecule has 1 fully saturated rings. The van der Waals surface area contributed by atoms with Crippen molar-refractivity contribution in [1.82, 2.24) is 24.8 Å². The van der Waals surface area contributed by atoms with E-state index in [0.29, 0.717) is 11.4 Å². The third kappa shape index (κ3) is 4.80. The van der Waals surface area contributed by atoms with Gasteiger partial charge in [0.25, 0.3) is 0 Å². The molecule has 0 amide bonds. The molecule has 0 saturated carbocycles. The third-order valence-corrected chi connectivity index (χ3v) is 5.84. The summed E-state index contributed by atoms with van der Waals surface area (Å²) in [6.07, 6.45) is 8.68. The fraction of sp³-hybridized carbons (Fsp3) is 0.360. The van der Waals surface area contributed by atoms with Crippen molar-refractivity contribution < 1.29 is 0 Å². The molecule has 7 nitrogen and oxygen atoms in total. The van der Waals surface area contributed by atoms with Gasteiger partial charge < -0.3 is 4.90 Å². The number of nitrogens with zero attached hydrogens (tertiary/aromatic N) is 7. The first kappa shape index (κ1) is 21.5. The second-order valence-corrected chi connectivity index (χ2v) is 8.86. The summed E-state index contributed by atoms with van der Waals surface area (Å²) >= 11 is 0. The van der Waals surface area contributed by atoms with E-state index < -0.39 is 0 Å². The molecule has 32 heavy (non-hydrogen) atoms. The van der Waals surface area contributed by atoms with Crippen molar-refractivity contribution in [3.63, 3.8) is 0 Å². The predicted octanol–water partition coefficient (Wildman–Crippen LogP) is 4.20. The number of aromatic nitrogens is 4. The second-order valence-electron chi connectivity index (χ2n) is 8.86. The van der Waals surface area contributed by atoms with E-state index in [-0.39, 0.29) is 11.3 Å². The van der Waals surface area contributed by atoms with E-state index in [2.05, 4.69) is 32.0 Å². The molecule has 0 radical (unpaired) electrons. The molecular weight excluding hydrogens is 398 g/mol. The van der Waals surface area contributed by atoms with Crippen molar-refractivity contribution in [1.29, 1.82) is 10.5 Å². The molecule has 1 aliphatic heterocycles. The van der Waals surface area contributed by atoms with Crippen LogP contribution in [0.4, 0.5) is 0 Å². The predicted molar refractivity (Wildman–Crippen MR) is 121 cm³/mol. The molecular formula is C25H25N7. The molecule has 1 saturated heterocycles. The zero-order valence-electron chi connectivity index (χ0n) is 18.4. The first-order valence-corrected chi connectivity index (χ1v) is 10.8. The van der Waals surface area contributed by atoms with Crippen molar-refractivity contribution in [2.75, 3.05) is 19.6 Å². The molecule has 0 atom stereocenters. The first-order chi connectivity index (χ1) is 15.5. The average molecular weight is 424 g/mol. The zero-order chi connectivity index (χ0) is 22.6. The molecule has 3 heterocycles. The average Bonchev–Trinajstić information content (AvgIpc) is 2.84. The van der Waals surface area contributed by atoms with Gasteiger partial charge in [-0.2, -0.15) is 10.5 Å². The zero-order valence-corrected chi connectivity index (χ0v) is 18.4. The molecule has 2 aromatic heterocycles. The first-order valence-electron chi connectivity index (χ1n) is 10.8. The Morgan fingerprint density at radius 1 is 1.06 bits per heavy atom. The fourth-order valence-corrected chi connectivity index (χ4v) is 4.20. The van der Waals surface area contributed by atoms with Crippen molar-refractivity contribution in [3.05, 3.63) is 60.4 Å². The smallest absolute Gasteiger partial charge is 0.162 e. The van der Waals surface area contributed by atoms with Gasteiger partial charge in [0.1, 0.15) is 6.33 Å². The van der Waals surface area contributed by atoms with Crippen LogP contribution in [-0.2, 0) is 0 Å². The highest BCUT2D eigenvalue weighted by Crippen LogP contribution is 2.35. The van der Waals surface area contributed by atoms with Crippen molar-refractivity contribution in [2.24, 2.45) is 5.41 Å². The molecule has 1 aliphatic rings. The minimum Gasteiger partial charge on any atom is -0.302 e. The van der Waals surface area contributed by atoms with Crippen molar-refractivity contribution in [2.45, 2.75) is 32.6 Å². The highest BCUT2D eigenvalue weighted by Gasteiger charge is 2.28. The summed E-state index contributed by atoms with van der Waals surface area (Å²) in [4.78, 5) is 20.1. The SMILES string of the molecule is CC(C)(C#N)CN1CCC(c2nc(-c3cncnc3)ncc2-c2cccc(C#N)c2)CC1. The van der Waals surface area contributed by atoms with E-state index in [1.165, 1.54) is 6.33 Å². The topological polar surface area (TPSA) is 102 Å². The molecule has 0 aliphatic carbocycles. The van der Waals surface area contributed by atoms with E-state index >= 15 is 0 Å². The van der Waals surface area contributed by atoms with Crippen LogP contribution in [0.25, 0.3) is 22.5 Å². The standard InChI is InChI=1S/C25H25N7/c1-25(2,15-27)16-32-8-6-19(7-9-32)23-22(20-5-3-4-18(10-20)11-26)14-30-24(31-23)21-12-28-17-29-13-21/h3-5,10,12-14,17,19H,6-9,16H2,1-2H3. The molecule has 0 unspecified atom stereocenters. The van der Waals surface area contributed by atoms with Crippen LogP contribution >= 0.6 is 0 Å². The molecule has 0 spiro atoms. The van der Waals surface area contributed by atoms with Gasteiger partial charge in [-0.25, -0.2) is 19.9 Å². The summed E-state index contributed by atoms with van der Waals surface area (Å²) in [5, 5.41) is 18.7. The molecule has 3 aromatic rings. The largest absolute Gasteiger partial charge is 0.302 e. The lowest BCUT2D eigenvalue weighted by molar-refractivity contribution is 0.169. The van der Waals surface area contributed by atoms with Gasteiger partial charge >= 0.3 is 0 Å². The molecule has 0 bridgehead atoms. The van der Waals surface area contributed by atoms with Crippen molar-refractivity contribution >= 4 is 0 Å². The van der Waals surface area contributed by atoms with Crippen LogP contribution in [0.5, 0.6) is 0 Å². The number of hydrogen-bond acceptors (Lipinski definition) is 7.